The first-order valence-corrected chi connectivity index (χ1v) is 8.00. The lowest BCUT2D eigenvalue weighted by Gasteiger charge is -2.14. The number of fused-ring (bicyclic) bond motifs is 2. The van der Waals surface area contributed by atoms with Crippen LogP contribution in [0.2, 0.25) is 0 Å². The van der Waals surface area contributed by atoms with E-state index in [9.17, 15) is 4.39 Å². The van der Waals surface area contributed by atoms with Crippen molar-refractivity contribution >= 4 is 22.5 Å². The summed E-state index contributed by atoms with van der Waals surface area (Å²) in [6.07, 6.45) is 5.54. The molecule has 4 heterocycles. The molecular formula is C17H18FN7. The summed E-state index contributed by atoms with van der Waals surface area (Å²) in [5.41, 5.74) is 3.18. The van der Waals surface area contributed by atoms with Crippen molar-refractivity contribution in [2.75, 3.05) is 11.9 Å². The van der Waals surface area contributed by atoms with E-state index >= 15 is 0 Å². The van der Waals surface area contributed by atoms with Gasteiger partial charge in [0.2, 0.25) is 5.95 Å². The summed E-state index contributed by atoms with van der Waals surface area (Å²) in [5, 5.41) is 12.0. The molecule has 128 valence electrons. The maximum absolute atomic E-state index is 13.6. The van der Waals surface area contributed by atoms with Crippen molar-refractivity contribution in [1.82, 2.24) is 29.8 Å². The van der Waals surface area contributed by atoms with Gasteiger partial charge in [-0.15, -0.1) is 5.10 Å². The highest BCUT2D eigenvalue weighted by Gasteiger charge is 2.16. The molecule has 0 aliphatic rings. The number of H-pyrrole nitrogens is 1. The fraction of sp³-hybridized carbons (Fsp3) is 0.294. The zero-order valence-electron chi connectivity index (χ0n) is 14.2. The number of aromatic amines is 1. The van der Waals surface area contributed by atoms with E-state index in [0.717, 1.165) is 27.7 Å². The van der Waals surface area contributed by atoms with Crippen LogP contribution in [-0.4, -0.2) is 42.0 Å². The molecule has 7 nitrogen and oxygen atoms in total. The Labute approximate surface area is 143 Å². The number of rotatable bonds is 4. The van der Waals surface area contributed by atoms with Crippen LogP contribution in [0.4, 0.5) is 10.3 Å². The Morgan fingerprint density at radius 3 is 2.96 bits per heavy atom. The number of hydrogen-bond acceptors (Lipinski definition) is 5. The maximum atomic E-state index is 13.6. The number of hydrogen-bond donors (Lipinski definition) is 2. The minimum Gasteiger partial charge on any atom is -0.351 e. The Hall–Kier alpha value is -3.03. The fourth-order valence-electron chi connectivity index (χ4n) is 2.70. The van der Waals surface area contributed by atoms with E-state index in [4.69, 9.17) is 0 Å². The lowest BCUT2D eigenvalue weighted by Crippen LogP contribution is -2.25. The van der Waals surface area contributed by atoms with E-state index < -0.39 is 5.67 Å². The molecule has 2 N–H and O–H groups in total. The predicted octanol–water partition coefficient (Wildman–Crippen LogP) is 3.14. The monoisotopic (exact) mass is 339 g/mol. The third-order valence-corrected chi connectivity index (χ3v) is 4.00. The molecule has 8 heteroatoms. The van der Waals surface area contributed by atoms with Gasteiger partial charge in [0.1, 0.15) is 11.3 Å². The number of nitrogens with zero attached hydrogens (tertiary/aromatic N) is 5. The molecule has 25 heavy (non-hydrogen) atoms. The van der Waals surface area contributed by atoms with Crippen LogP contribution in [0.3, 0.4) is 0 Å². The summed E-state index contributed by atoms with van der Waals surface area (Å²) >= 11 is 0. The fourth-order valence-corrected chi connectivity index (χ4v) is 2.70. The molecule has 0 atom stereocenters. The first-order chi connectivity index (χ1) is 11.9. The predicted molar refractivity (Wildman–Crippen MR) is 94.3 cm³/mol. The molecule has 4 rings (SSSR count). The van der Waals surface area contributed by atoms with Gasteiger partial charge in [-0.1, -0.05) is 11.3 Å². The second kappa shape index (κ2) is 5.51. The van der Waals surface area contributed by atoms with Crippen molar-refractivity contribution in [3.8, 4) is 11.1 Å². The molecule has 0 radical (unpaired) electrons. The Kier molecular flexibility index (Phi) is 3.41. The first kappa shape index (κ1) is 15.5. The number of anilines is 1. The molecule has 0 bridgehead atoms. The molecule has 0 fully saturated rings. The van der Waals surface area contributed by atoms with Gasteiger partial charge < -0.3 is 10.3 Å². The van der Waals surface area contributed by atoms with Crippen LogP contribution in [0.1, 0.15) is 19.5 Å². The van der Waals surface area contributed by atoms with Crippen molar-refractivity contribution in [3.63, 3.8) is 0 Å². The highest BCUT2D eigenvalue weighted by atomic mass is 19.1. The molecule has 0 spiro atoms. The van der Waals surface area contributed by atoms with Crippen LogP contribution in [-0.2, 0) is 0 Å². The Morgan fingerprint density at radius 2 is 2.16 bits per heavy atom. The number of alkyl halides is 1. The third kappa shape index (κ3) is 2.90. The van der Waals surface area contributed by atoms with Gasteiger partial charge in [0.05, 0.1) is 17.8 Å². The van der Waals surface area contributed by atoms with Crippen LogP contribution >= 0.6 is 0 Å². The molecule has 0 aromatic carbocycles. The Bertz CT molecular complexity index is 1060. The van der Waals surface area contributed by atoms with Gasteiger partial charge in [0, 0.05) is 35.1 Å². The number of aromatic nitrogens is 6. The van der Waals surface area contributed by atoms with E-state index in [-0.39, 0.29) is 6.54 Å². The van der Waals surface area contributed by atoms with E-state index in [1.165, 1.54) is 13.8 Å². The van der Waals surface area contributed by atoms with Crippen LogP contribution in [0.15, 0.2) is 30.7 Å². The zero-order valence-corrected chi connectivity index (χ0v) is 14.2. The van der Waals surface area contributed by atoms with Crippen LogP contribution in [0.5, 0.6) is 0 Å². The second-order valence-corrected chi connectivity index (χ2v) is 6.65. The molecule has 4 aromatic rings. The molecule has 0 unspecified atom stereocenters. The van der Waals surface area contributed by atoms with Crippen molar-refractivity contribution in [3.05, 3.63) is 36.4 Å². The lowest BCUT2D eigenvalue weighted by atomic mass is 10.1. The average molecular weight is 339 g/mol. The molecule has 0 aliphatic heterocycles. The lowest BCUT2D eigenvalue weighted by molar-refractivity contribution is 0.234. The van der Waals surface area contributed by atoms with E-state index in [2.05, 4.69) is 30.6 Å². The van der Waals surface area contributed by atoms with Crippen LogP contribution < -0.4 is 5.32 Å². The second-order valence-electron chi connectivity index (χ2n) is 6.65. The van der Waals surface area contributed by atoms with E-state index in [1.807, 2.05) is 31.5 Å². The van der Waals surface area contributed by atoms with Gasteiger partial charge in [-0.25, -0.2) is 13.9 Å². The smallest absolute Gasteiger partial charge is 0.224 e. The molecule has 0 saturated carbocycles. The Morgan fingerprint density at radius 1 is 1.32 bits per heavy atom. The number of pyridine rings is 1. The van der Waals surface area contributed by atoms with Crippen molar-refractivity contribution in [2.24, 2.45) is 0 Å². The largest absolute Gasteiger partial charge is 0.351 e. The molecule has 4 aromatic heterocycles. The molecule has 0 saturated heterocycles. The van der Waals surface area contributed by atoms with E-state index in [0.29, 0.717) is 11.6 Å². The number of nitrogens with one attached hydrogen (secondary N) is 2. The van der Waals surface area contributed by atoms with E-state index in [1.54, 1.807) is 10.7 Å². The van der Waals surface area contributed by atoms with Crippen LogP contribution in [0, 0.1) is 6.92 Å². The van der Waals surface area contributed by atoms with Gasteiger partial charge in [-0.3, -0.25) is 0 Å². The van der Waals surface area contributed by atoms with Crippen LogP contribution in [0.25, 0.3) is 27.7 Å². The minimum atomic E-state index is -1.33. The summed E-state index contributed by atoms with van der Waals surface area (Å²) < 4.78 is 15.4. The standard InChI is InChI=1S/C17H18FN7/c1-10-14-5-4-11(8-25(14)24-23-10)12-6-19-15-13(12)7-20-16(22-15)21-9-17(2,3)18/h4-8H,9H2,1-3H3,(H2,19,20,21,22). The maximum Gasteiger partial charge on any atom is 0.224 e. The number of aryl methyl sites for hydroxylation is 1. The van der Waals surface area contributed by atoms with Crippen molar-refractivity contribution in [2.45, 2.75) is 26.4 Å². The minimum absolute atomic E-state index is 0.147. The van der Waals surface area contributed by atoms with Crippen molar-refractivity contribution in [1.29, 1.82) is 0 Å². The molecule has 0 aliphatic carbocycles. The quantitative estimate of drug-likeness (QED) is 0.597. The highest BCUT2D eigenvalue weighted by Crippen LogP contribution is 2.28. The van der Waals surface area contributed by atoms with Gasteiger partial charge in [-0.05, 0) is 26.8 Å². The third-order valence-electron chi connectivity index (χ3n) is 4.00. The topological polar surface area (TPSA) is 83.8 Å². The van der Waals surface area contributed by atoms with Gasteiger partial charge in [0.15, 0.2) is 0 Å². The summed E-state index contributed by atoms with van der Waals surface area (Å²) in [5.74, 6) is 0.397. The van der Waals surface area contributed by atoms with Gasteiger partial charge in [0.25, 0.3) is 0 Å². The summed E-state index contributed by atoms with van der Waals surface area (Å²) in [7, 11) is 0. The summed E-state index contributed by atoms with van der Waals surface area (Å²) in [4.78, 5) is 11.9. The van der Waals surface area contributed by atoms with Gasteiger partial charge in [-0.2, -0.15) is 4.98 Å². The normalized spacial score (nSPS) is 12.2. The highest BCUT2D eigenvalue weighted by molar-refractivity contribution is 5.93. The Balaban J connectivity index is 1.70. The zero-order chi connectivity index (χ0) is 17.6. The molecular weight excluding hydrogens is 321 g/mol. The summed E-state index contributed by atoms with van der Waals surface area (Å²) in [6, 6.07) is 4.01. The molecule has 0 amide bonds. The average Bonchev–Trinajstić information content (AvgIpc) is 3.15. The SMILES string of the molecule is Cc1nnn2cc(-c3c[nH]c4nc(NCC(C)(C)F)ncc34)ccc12. The van der Waals surface area contributed by atoms with Crippen molar-refractivity contribution < 1.29 is 4.39 Å². The van der Waals surface area contributed by atoms with Gasteiger partial charge >= 0.3 is 0 Å². The first-order valence-electron chi connectivity index (χ1n) is 8.00. The number of halogens is 1. The summed E-state index contributed by atoms with van der Waals surface area (Å²) in [6.45, 7) is 5.09.